The molecule has 0 aliphatic carbocycles. The highest BCUT2D eigenvalue weighted by atomic mass is 16.6. The van der Waals surface area contributed by atoms with Crippen molar-refractivity contribution >= 4 is 17.9 Å². The van der Waals surface area contributed by atoms with Crippen molar-refractivity contribution in [2.24, 2.45) is 0 Å². The zero-order valence-corrected chi connectivity index (χ0v) is 42.0. The topological polar surface area (TPSA) is 99.1 Å². The van der Waals surface area contributed by atoms with Crippen molar-refractivity contribution in [1.29, 1.82) is 0 Å². The molecule has 0 spiro atoms. The number of carbonyl (C=O) groups is 3. The van der Waals surface area contributed by atoms with Crippen molar-refractivity contribution < 1.29 is 38.2 Å². The van der Waals surface area contributed by atoms with Gasteiger partial charge in [-0.2, -0.15) is 0 Å². The lowest BCUT2D eigenvalue weighted by Crippen LogP contribution is -2.50. The molecule has 0 aromatic carbocycles. The SMILES string of the molecule is CCCCCCC/C=C\C/C=C\CCCCCCCCCCCCCC(=O)OC(COCCC(C(=O)O)[N+](C)(C)C)COC(=O)CCCCCCC/C=C\CCCCCCCCC. The molecule has 0 heterocycles. The fourth-order valence-corrected chi connectivity index (χ4v) is 7.88. The van der Waals surface area contributed by atoms with Gasteiger partial charge >= 0.3 is 17.9 Å². The summed E-state index contributed by atoms with van der Waals surface area (Å²) < 4.78 is 17.4. The van der Waals surface area contributed by atoms with Crippen molar-refractivity contribution in [2.75, 3.05) is 41.0 Å². The Morgan fingerprint density at radius 3 is 1.24 bits per heavy atom. The maximum atomic E-state index is 12.8. The number of carbonyl (C=O) groups excluding carboxylic acids is 2. The lowest BCUT2D eigenvalue weighted by molar-refractivity contribution is -0.887. The van der Waals surface area contributed by atoms with Crippen LogP contribution >= 0.6 is 0 Å². The first-order chi connectivity index (χ1) is 30.6. The van der Waals surface area contributed by atoms with Crippen LogP contribution in [0.4, 0.5) is 0 Å². The van der Waals surface area contributed by atoms with Crippen LogP contribution in [0.5, 0.6) is 0 Å². The molecule has 0 aliphatic rings. The third kappa shape index (κ3) is 44.5. The van der Waals surface area contributed by atoms with Crippen LogP contribution in [0.25, 0.3) is 0 Å². The molecule has 8 nitrogen and oxygen atoms in total. The number of carboxylic acid groups (broad SMARTS) is 1. The van der Waals surface area contributed by atoms with Crippen molar-refractivity contribution in [2.45, 2.75) is 257 Å². The Labute approximate surface area is 389 Å². The number of likely N-dealkylation sites (N-methyl/N-ethyl adjacent to an activating group) is 1. The predicted molar refractivity (Wildman–Crippen MR) is 266 cm³/mol. The van der Waals surface area contributed by atoms with Crippen LogP contribution in [0, 0.1) is 0 Å². The van der Waals surface area contributed by atoms with Crippen LogP contribution in [-0.4, -0.2) is 80.6 Å². The molecular weight excluding hydrogens is 787 g/mol. The van der Waals surface area contributed by atoms with E-state index >= 15 is 0 Å². The van der Waals surface area contributed by atoms with Crippen LogP contribution in [0.15, 0.2) is 36.5 Å². The summed E-state index contributed by atoms with van der Waals surface area (Å²) in [5, 5.41) is 9.66. The van der Waals surface area contributed by atoms with E-state index in [0.29, 0.717) is 19.3 Å². The molecule has 0 saturated carbocycles. The normalized spacial score (nSPS) is 13.1. The molecule has 0 aromatic rings. The summed E-state index contributed by atoms with van der Waals surface area (Å²) in [5.41, 5.74) is 0. The van der Waals surface area contributed by atoms with E-state index in [1.165, 1.54) is 161 Å². The number of esters is 2. The Hall–Kier alpha value is -2.45. The minimum absolute atomic E-state index is 0.0538. The van der Waals surface area contributed by atoms with Gasteiger partial charge in [-0.15, -0.1) is 0 Å². The number of hydrogen-bond donors (Lipinski definition) is 1. The van der Waals surface area contributed by atoms with Gasteiger partial charge in [-0.25, -0.2) is 4.79 Å². The molecule has 1 N–H and O–H groups in total. The van der Waals surface area contributed by atoms with E-state index in [1.54, 1.807) is 0 Å². The largest absolute Gasteiger partial charge is 0.477 e. The monoisotopic (exact) mass is 889 g/mol. The maximum Gasteiger partial charge on any atom is 0.362 e. The summed E-state index contributed by atoms with van der Waals surface area (Å²) in [4.78, 5) is 37.2. The number of unbranched alkanes of at least 4 members (excludes halogenated alkanes) is 28. The van der Waals surface area contributed by atoms with E-state index in [1.807, 2.05) is 21.1 Å². The molecule has 2 unspecified atom stereocenters. The quantitative estimate of drug-likeness (QED) is 0.0281. The average Bonchev–Trinajstić information content (AvgIpc) is 3.24. The maximum absolute atomic E-state index is 12.8. The first-order valence-electron chi connectivity index (χ1n) is 26.5. The Bertz CT molecular complexity index is 1130. The predicted octanol–water partition coefficient (Wildman–Crippen LogP) is 15.4. The number of hydrogen-bond acceptors (Lipinski definition) is 6. The van der Waals surface area contributed by atoms with Gasteiger partial charge < -0.3 is 23.8 Å². The van der Waals surface area contributed by atoms with Gasteiger partial charge in [-0.05, 0) is 70.6 Å². The Balaban J connectivity index is 4.21. The van der Waals surface area contributed by atoms with Crippen LogP contribution < -0.4 is 0 Å². The highest BCUT2D eigenvalue weighted by Crippen LogP contribution is 2.15. The number of carboxylic acids is 1. The van der Waals surface area contributed by atoms with Crippen molar-refractivity contribution in [3.8, 4) is 0 Å². The summed E-state index contributed by atoms with van der Waals surface area (Å²) in [6, 6.07) is -0.616. The second kappa shape index (κ2) is 46.1. The van der Waals surface area contributed by atoms with Crippen molar-refractivity contribution in [3.05, 3.63) is 36.5 Å². The Morgan fingerprint density at radius 2 is 0.841 bits per heavy atom. The van der Waals surface area contributed by atoms with Crippen molar-refractivity contribution in [1.82, 2.24) is 0 Å². The molecule has 8 heteroatoms. The Morgan fingerprint density at radius 1 is 0.476 bits per heavy atom. The molecule has 0 fully saturated rings. The molecule has 368 valence electrons. The summed E-state index contributed by atoms with van der Waals surface area (Å²) in [6.45, 7) is 4.74. The number of aliphatic carboxylic acids is 1. The fourth-order valence-electron chi connectivity index (χ4n) is 7.88. The van der Waals surface area contributed by atoms with E-state index in [-0.39, 0.29) is 36.2 Å². The fraction of sp³-hybridized carbons (Fsp3) is 0.836. The van der Waals surface area contributed by atoms with Crippen molar-refractivity contribution in [3.63, 3.8) is 0 Å². The average molecular weight is 889 g/mol. The lowest BCUT2D eigenvalue weighted by atomic mass is 10.0. The molecule has 0 radical (unpaired) electrons. The molecule has 0 saturated heterocycles. The molecular formula is C55H102NO7+. The minimum Gasteiger partial charge on any atom is -0.477 e. The number of ether oxygens (including phenoxy) is 3. The van der Waals surface area contributed by atoms with E-state index in [4.69, 9.17) is 14.2 Å². The van der Waals surface area contributed by atoms with Gasteiger partial charge in [0.25, 0.3) is 0 Å². The molecule has 0 amide bonds. The van der Waals surface area contributed by atoms with E-state index in [2.05, 4.69) is 50.3 Å². The smallest absolute Gasteiger partial charge is 0.362 e. The second-order valence-corrected chi connectivity index (χ2v) is 19.1. The molecule has 0 rings (SSSR count). The van der Waals surface area contributed by atoms with Gasteiger partial charge in [0, 0.05) is 19.3 Å². The standard InChI is InChI=1S/C55H101NO7/c1-6-8-10-12-14-16-18-20-22-24-25-26-27-28-29-30-32-34-36-38-40-42-44-46-54(58)63-51(49-61-48-47-52(55(59)60)56(3,4)5)50-62-53(57)45-43-41-39-37-35-33-31-23-21-19-17-15-13-11-9-7-2/h18,20,23-25,31,51-52H,6-17,19,21-22,26-30,32-50H2,1-5H3/p+1/b20-18-,25-24-,31-23-. The first kappa shape index (κ1) is 60.5. The number of nitrogens with zero attached hydrogens (tertiary/aromatic N) is 1. The highest BCUT2D eigenvalue weighted by Gasteiger charge is 2.31. The van der Waals surface area contributed by atoms with E-state index < -0.39 is 18.1 Å². The van der Waals surface area contributed by atoms with Crippen LogP contribution in [0.3, 0.4) is 0 Å². The second-order valence-electron chi connectivity index (χ2n) is 19.1. The highest BCUT2D eigenvalue weighted by molar-refractivity contribution is 5.72. The van der Waals surface area contributed by atoms with Crippen LogP contribution in [0.2, 0.25) is 0 Å². The van der Waals surface area contributed by atoms with Gasteiger partial charge in [0.1, 0.15) is 6.61 Å². The minimum atomic E-state index is -0.874. The van der Waals surface area contributed by atoms with Gasteiger partial charge in [0.2, 0.25) is 0 Å². The summed E-state index contributed by atoms with van der Waals surface area (Å²) in [5.74, 6) is -1.47. The number of allylic oxidation sites excluding steroid dienone is 6. The third-order valence-electron chi connectivity index (χ3n) is 12.0. The lowest BCUT2D eigenvalue weighted by Gasteiger charge is -2.31. The zero-order valence-electron chi connectivity index (χ0n) is 42.0. The summed E-state index contributed by atoms with van der Waals surface area (Å²) in [6.07, 6.45) is 54.8. The van der Waals surface area contributed by atoms with E-state index in [9.17, 15) is 19.5 Å². The van der Waals surface area contributed by atoms with Gasteiger partial charge in [0.15, 0.2) is 12.1 Å². The van der Waals surface area contributed by atoms with Crippen LogP contribution in [0.1, 0.15) is 245 Å². The van der Waals surface area contributed by atoms with E-state index in [0.717, 1.165) is 51.4 Å². The molecule has 2 atom stereocenters. The molecule has 63 heavy (non-hydrogen) atoms. The molecule has 0 aromatic heterocycles. The number of rotatable bonds is 48. The third-order valence-corrected chi connectivity index (χ3v) is 12.0. The summed E-state index contributed by atoms with van der Waals surface area (Å²) >= 11 is 0. The zero-order chi connectivity index (χ0) is 46.3. The number of quaternary nitrogens is 1. The van der Waals surface area contributed by atoms with Gasteiger partial charge in [0.05, 0.1) is 34.4 Å². The first-order valence-corrected chi connectivity index (χ1v) is 26.5. The van der Waals surface area contributed by atoms with Crippen LogP contribution in [-0.2, 0) is 28.6 Å². The Kier molecular flexibility index (Phi) is 44.3. The molecule has 0 bridgehead atoms. The van der Waals surface area contributed by atoms with Gasteiger partial charge in [-0.3, -0.25) is 9.59 Å². The van der Waals surface area contributed by atoms with Gasteiger partial charge in [-0.1, -0.05) is 192 Å². The molecule has 0 aliphatic heterocycles. The summed E-state index contributed by atoms with van der Waals surface area (Å²) in [7, 11) is 5.54.